The number of nitrogens with zero attached hydrogens (tertiary/aromatic N) is 3. The third-order valence-corrected chi connectivity index (χ3v) is 3.16. The topological polar surface area (TPSA) is 67.1 Å². The molecule has 114 valence electrons. The van der Waals surface area contributed by atoms with E-state index in [1.807, 2.05) is 0 Å². The second kappa shape index (κ2) is 8.04. The van der Waals surface area contributed by atoms with Gasteiger partial charge in [0.15, 0.2) is 0 Å². The Kier molecular flexibility index (Phi) is 6.71. The molecular formula is C15H29N5. The summed E-state index contributed by atoms with van der Waals surface area (Å²) < 4.78 is 0. The Labute approximate surface area is 123 Å². The molecule has 0 radical (unpaired) electrons. The van der Waals surface area contributed by atoms with Crippen molar-refractivity contribution in [3.05, 3.63) is 11.9 Å². The first kappa shape index (κ1) is 16.7. The van der Waals surface area contributed by atoms with Crippen molar-refractivity contribution >= 4 is 11.6 Å². The van der Waals surface area contributed by atoms with Crippen LogP contribution in [-0.4, -0.2) is 41.5 Å². The van der Waals surface area contributed by atoms with E-state index in [0.717, 1.165) is 37.2 Å². The molecule has 0 aliphatic carbocycles. The number of likely N-dealkylation sites (N-methyl/N-ethyl adjacent to an activating group) is 1. The number of aromatic nitrogens is 2. The molecule has 3 N–H and O–H groups in total. The maximum atomic E-state index is 5.98. The number of hydrogen-bond donors (Lipinski definition) is 2. The van der Waals surface area contributed by atoms with Gasteiger partial charge in [-0.1, -0.05) is 27.2 Å². The Morgan fingerprint density at radius 2 is 2.00 bits per heavy atom. The van der Waals surface area contributed by atoms with Crippen LogP contribution in [0.5, 0.6) is 0 Å². The van der Waals surface area contributed by atoms with Gasteiger partial charge in [-0.05, 0) is 32.9 Å². The van der Waals surface area contributed by atoms with E-state index in [9.17, 15) is 0 Å². The van der Waals surface area contributed by atoms with Crippen LogP contribution in [0.1, 0.15) is 39.2 Å². The molecule has 20 heavy (non-hydrogen) atoms. The molecule has 0 spiro atoms. The summed E-state index contributed by atoms with van der Waals surface area (Å²) >= 11 is 0. The number of hydrogen-bond acceptors (Lipinski definition) is 5. The summed E-state index contributed by atoms with van der Waals surface area (Å²) in [6.07, 6.45) is 4.59. The first-order valence-electron chi connectivity index (χ1n) is 7.44. The molecule has 0 bridgehead atoms. The highest BCUT2D eigenvalue weighted by Crippen LogP contribution is 2.21. The van der Waals surface area contributed by atoms with E-state index in [4.69, 9.17) is 5.73 Å². The molecule has 5 heteroatoms. The maximum absolute atomic E-state index is 5.98. The molecule has 1 heterocycles. The number of rotatable bonds is 8. The van der Waals surface area contributed by atoms with Crippen LogP contribution < -0.4 is 11.1 Å². The minimum atomic E-state index is 0.370. The van der Waals surface area contributed by atoms with Gasteiger partial charge in [-0.3, -0.25) is 0 Å². The Morgan fingerprint density at radius 1 is 1.30 bits per heavy atom. The zero-order valence-corrected chi connectivity index (χ0v) is 13.5. The van der Waals surface area contributed by atoms with Crippen LogP contribution >= 0.6 is 0 Å². The standard InChI is InChI=1S/C15H29N5/c1-6-7-13-14(16)17-10-18-15(13)19-12(8-11(2)3)9-20(4)5/h10-12H,6-9H2,1-5H3,(H3,16,17,18,19). The van der Waals surface area contributed by atoms with Crippen molar-refractivity contribution < 1.29 is 0 Å². The maximum Gasteiger partial charge on any atom is 0.134 e. The number of anilines is 2. The first-order valence-corrected chi connectivity index (χ1v) is 7.44. The predicted molar refractivity (Wildman–Crippen MR) is 85.9 cm³/mol. The monoisotopic (exact) mass is 279 g/mol. The molecule has 0 saturated carbocycles. The van der Waals surface area contributed by atoms with Crippen LogP contribution in [0, 0.1) is 5.92 Å². The van der Waals surface area contributed by atoms with E-state index < -0.39 is 0 Å². The molecule has 1 aromatic rings. The smallest absolute Gasteiger partial charge is 0.134 e. The SMILES string of the molecule is CCCc1c(N)ncnc1NC(CC(C)C)CN(C)C. The van der Waals surface area contributed by atoms with E-state index in [2.05, 4.69) is 55.1 Å². The molecule has 5 nitrogen and oxygen atoms in total. The van der Waals surface area contributed by atoms with Crippen molar-refractivity contribution in [3.63, 3.8) is 0 Å². The van der Waals surface area contributed by atoms with Crippen LogP contribution in [0.25, 0.3) is 0 Å². The fourth-order valence-corrected chi connectivity index (χ4v) is 2.43. The zero-order valence-electron chi connectivity index (χ0n) is 13.5. The summed E-state index contributed by atoms with van der Waals surface area (Å²) in [7, 11) is 4.19. The van der Waals surface area contributed by atoms with Gasteiger partial charge in [0.1, 0.15) is 18.0 Å². The van der Waals surface area contributed by atoms with E-state index >= 15 is 0 Å². The highest BCUT2D eigenvalue weighted by molar-refractivity contribution is 5.55. The number of nitrogens with two attached hydrogens (primary N) is 1. The minimum Gasteiger partial charge on any atom is -0.383 e. The Balaban J connectivity index is 2.89. The molecule has 1 rings (SSSR count). The summed E-state index contributed by atoms with van der Waals surface area (Å²) in [6.45, 7) is 7.60. The average Bonchev–Trinajstić information content (AvgIpc) is 2.32. The van der Waals surface area contributed by atoms with E-state index in [1.54, 1.807) is 6.33 Å². The predicted octanol–water partition coefficient (Wildman–Crippen LogP) is 2.40. The molecule has 1 atom stereocenters. The number of nitrogen functional groups attached to an aromatic ring is 1. The van der Waals surface area contributed by atoms with Crippen LogP contribution in [-0.2, 0) is 6.42 Å². The van der Waals surface area contributed by atoms with Crippen molar-refractivity contribution in [1.29, 1.82) is 0 Å². The van der Waals surface area contributed by atoms with Crippen molar-refractivity contribution in [3.8, 4) is 0 Å². The van der Waals surface area contributed by atoms with Crippen molar-refractivity contribution in [1.82, 2.24) is 14.9 Å². The van der Waals surface area contributed by atoms with Gasteiger partial charge < -0.3 is 16.0 Å². The third-order valence-electron chi connectivity index (χ3n) is 3.16. The molecule has 0 aromatic carbocycles. The lowest BCUT2D eigenvalue weighted by molar-refractivity contribution is 0.356. The lowest BCUT2D eigenvalue weighted by Crippen LogP contribution is -2.34. The molecule has 0 aliphatic heterocycles. The molecule has 0 amide bonds. The summed E-state index contributed by atoms with van der Waals surface area (Å²) in [4.78, 5) is 10.7. The minimum absolute atomic E-state index is 0.370. The normalized spacial score (nSPS) is 12.9. The highest BCUT2D eigenvalue weighted by atomic mass is 15.1. The second-order valence-corrected chi connectivity index (χ2v) is 6.07. The average molecular weight is 279 g/mol. The summed E-state index contributed by atoms with van der Waals surface area (Å²) in [6, 6.07) is 0.370. The summed E-state index contributed by atoms with van der Waals surface area (Å²) in [5, 5.41) is 3.56. The quantitative estimate of drug-likeness (QED) is 0.765. The lowest BCUT2D eigenvalue weighted by atomic mass is 10.0. The van der Waals surface area contributed by atoms with Gasteiger partial charge >= 0.3 is 0 Å². The molecule has 0 aliphatic rings. The fourth-order valence-electron chi connectivity index (χ4n) is 2.43. The number of nitrogens with one attached hydrogen (secondary N) is 1. The van der Waals surface area contributed by atoms with Crippen molar-refractivity contribution in [2.24, 2.45) is 5.92 Å². The molecule has 0 fully saturated rings. The van der Waals surface area contributed by atoms with Crippen LogP contribution in [0.15, 0.2) is 6.33 Å². The Bertz CT molecular complexity index is 393. The second-order valence-electron chi connectivity index (χ2n) is 6.07. The van der Waals surface area contributed by atoms with Crippen LogP contribution in [0.2, 0.25) is 0 Å². The fraction of sp³-hybridized carbons (Fsp3) is 0.733. The largest absolute Gasteiger partial charge is 0.383 e. The van der Waals surface area contributed by atoms with E-state index in [-0.39, 0.29) is 0 Å². The molecule has 1 unspecified atom stereocenters. The summed E-state index contributed by atoms with van der Waals surface area (Å²) in [5.74, 6) is 2.13. The van der Waals surface area contributed by atoms with Gasteiger partial charge in [-0.15, -0.1) is 0 Å². The van der Waals surface area contributed by atoms with Gasteiger partial charge in [0.05, 0.1) is 0 Å². The van der Waals surface area contributed by atoms with E-state index in [1.165, 1.54) is 0 Å². The lowest BCUT2D eigenvalue weighted by Gasteiger charge is -2.25. The Morgan fingerprint density at radius 3 is 2.55 bits per heavy atom. The summed E-state index contributed by atoms with van der Waals surface area (Å²) in [5.41, 5.74) is 7.03. The van der Waals surface area contributed by atoms with Crippen molar-refractivity contribution in [2.75, 3.05) is 31.7 Å². The van der Waals surface area contributed by atoms with E-state index in [0.29, 0.717) is 17.8 Å². The zero-order chi connectivity index (χ0) is 15.1. The molecule has 0 saturated heterocycles. The van der Waals surface area contributed by atoms with Crippen molar-refractivity contribution in [2.45, 2.75) is 46.1 Å². The van der Waals surface area contributed by atoms with Crippen LogP contribution in [0.3, 0.4) is 0 Å². The van der Waals surface area contributed by atoms with Gasteiger partial charge in [0, 0.05) is 18.2 Å². The molecular weight excluding hydrogens is 250 g/mol. The third kappa shape index (κ3) is 5.33. The van der Waals surface area contributed by atoms with Gasteiger partial charge in [-0.2, -0.15) is 0 Å². The first-order chi connectivity index (χ1) is 9.43. The highest BCUT2D eigenvalue weighted by Gasteiger charge is 2.16. The Hall–Kier alpha value is -1.36. The van der Waals surface area contributed by atoms with Gasteiger partial charge in [-0.25, -0.2) is 9.97 Å². The van der Waals surface area contributed by atoms with Crippen LogP contribution in [0.4, 0.5) is 11.6 Å². The van der Waals surface area contributed by atoms with Gasteiger partial charge in [0.25, 0.3) is 0 Å². The van der Waals surface area contributed by atoms with Gasteiger partial charge in [0.2, 0.25) is 0 Å². The molecule has 1 aromatic heterocycles.